The van der Waals surface area contributed by atoms with Crippen molar-refractivity contribution in [3.8, 4) is 6.07 Å². The average molecular weight is 439 g/mol. The van der Waals surface area contributed by atoms with Crippen molar-refractivity contribution in [1.29, 1.82) is 5.26 Å². The molecule has 2 atom stereocenters. The molecule has 9 nitrogen and oxygen atoms in total. The summed E-state index contributed by atoms with van der Waals surface area (Å²) in [5.74, 6) is -0.203. The van der Waals surface area contributed by atoms with E-state index in [-0.39, 0.29) is 25.1 Å². The minimum absolute atomic E-state index is 0. The van der Waals surface area contributed by atoms with Gasteiger partial charge in [0.15, 0.2) is 0 Å². The zero-order chi connectivity index (χ0) is 22.4. The zero-order valence-corrected chi connectivity index (χ0v) is 18.0. The van der Waals surface area contributed by atoms with Gasteiger partial charge in [-0.15, -0.1) is 0 Å². The van der Waals surface area contributed by atoms with Crippen molar-refractivity contribution >= 4 is 28.7 Å². The van der Waals surface area contributed by atoms with E-state index < -0.39 is 5.91 Å². The number of nitriles is 1. The summed E-state index contributed by atoms with van der Waals surface area (Å²) in [4.78, 5) is 16.1. The molecular weight excluding hydrogens is 404 g/mol. The van der Waals surface area contributed by atoms with Crippen LogP contribution >= 0.6 is 0 Å². The van der Waals surface area contributed by atoms with Crippen LogP contribution in [0.25, 0.3) is 10.9 Å². The number of amides is 1. The molecule has 2 aromatic rings. The van der Waals surface area contributed by atoms with Crippen LogP contribution in [-0.4, -0.2) is 42.5 Å². The van der Waals surface area contributed by atoms with Gasteiger partial charge in [-0.1, -0.05) is 26.3 Å². The molecular formula is C23H34N8O. The normalized spacial score (nSPS) is 19.2. The van der Waals surface area contributed by atoms with Crippen LogP contribution in [0.2, 0.25) is 0 Å². The van der Waals surface area contributed by atoms with Crippen LogP contribution in [-0.2, 0) is 11.8 Å². The van der Waals surface area contributed by atoms with E-state index in [1.54, 1.807) is 13.2 Å². The van der Waals surface area contributed by atoms with Crippen LogP contribution in [0.3, 0.4) is 0 Å². The number of primary amides is 1. The number of aliphatic imine (C=N–C) groups is 1. The number of hydrogen-bond donors (Lipinski definition) is 5. The lowest BCUT2D eigenvalue weighted by molar-refractivity contribution is -0.114. The van der Waals surface area contributed by atoms with Crippen molar-refractivity contribution in [2.24, 2.45) is 23.5 Å². The number of fused-ring (bicyclic) bond motifs is 1. The van der Waals surface area contributed by atoms with Gasteiger partial charge in [0, 0.05) is 44.0 Å². The number of benzene rings is 1. The van der Waals surface area contributed by atoms with E-state index in [1.165, 1.54) is 6.21 Å². The topological polar surface area (TPSA) is 146 Å². The van der Waals surface area contributed by atoms with E-state index in [9.17, 15) is 10.1 Å². The average Bonchev–Trinajstić information content (AvgIpc) is 3.09. The molecule has 1 aromatic carbocycles. The van der Waals surface area contributed by atoms with E-state index in [0.717, 1.165) is 36.6 Å². The quantitative estimate of drug-likeness (QED) is 0.242. The number of nitrogens with two attached hydrogens (primary N) is 2. The van der Waals surface area contributed by atoms with Crippen molar-refractivity contribution in [2.75, 3.05) is 19.0 Å². The molecule has 1 amide bonds. The summed E-state index contributed by atoms with van der Waals surface area (Å²) in [6, 6.07) is 8.24. The molecule has 172 valence electrons. The molecule has 1 fully saturated rings. The lowest BCUT2D eigenvalue weighted by Gasteiger charge is -2.30. The maximum atomic E-state index is 12.1. The highest BCUT2D eigenvalue weighted by molar-refractivity contribution is 6.12. The molecule has 0 aliphatic heterocycles. The minimum atomic E-state index is -0.615. The lowest BCUT2D eigenvalue weighted by atomic mass is 9.91. The van der Waals surface area contributed by atoms with Crippen LogP contribution in [0.15, 0.2) is 40.8 Å². The first-order chi connectivity index (χ1) is 15.0. The van der Waals surface area contributed by atoms with Gasteiger partial charge in [0.25, 0.3) is 5.91 Å². The van der Waals surface area contributed by atoms with Gasteiger partial charge >= 0.3 is 0 Å². The number of aryl methyl sites for hydroxylation is 1. The fourth-order valence-corrected chi connectivity index (χ4v) is 4.04. The predicted molar refractivity (Wildman–Crippen MR) is 130 cm³/mol. The summed E-state index contributed by atoms with van der Waals surface area (Å²) < 4.78 is 1.89. The Balaban J connectivity index is 0.00000363. The molecule has 1 aromatic heterocycles. The molecule has 1 heterocycles. The van der Waals surface area contributed by atoms with Gasteiger partial charge in [0.2, 0.25) is 0 Å². The number of rotatable bonds is 8. The Bertz CT molecular complexity index is 1050. The summed E-state index contributed by atoms with van der Waals surface area (Å²) in [7, 11) is 3.46. The number of aromatic nitrogens is 1. The van der Waals surface area contributed by atoms with Crippen LogP contribution in [0.5, 0.6) is 0 Å². The van der Waals surface area contributed by atoms with E-state index in [2.05, 4.69) is 27.0 Å². The lowest BCUT2D eigenvalue weighted by Crippen LogP contribution is -2.50. The fraction of sp³-hybridized carbons (Fsp3) is 0.435. The van der Waals surface area contributed by atoms with Gasteiger partial charge in [-0.25, -0.2) is 0 Å². The second-order valence-corrected chi connectivity index (χ2v) is 7.74. The van der Waals surface area contributed by atoms with Gasteiger partial charge in [0.1, 0.15) is 11.9 Å². The third-order valence-electron chi connectivity index (χ3n) is 5.64. The van der Waals surface area contributed by atoms with E-state index in [0.29, 0.717) is 23.7 Å². The Kier molecular flexibility index (Phi) is 8.81. The molecule has 9 heteroatoms. The van der Waals surface area contributed by atoms with Crippen LogP contribution < -0.4 is 27.4 Å². The van der Waals surface area contributed by atoms with Gasteiger partial charge in [-0.05, 0) is 25.0 Å². The number of nitrogens with zero attached hydrogens (tertiary/aromatic N) is 3. The molecule has 0 radical (unpaired) electrons. The smallest absolute Gasteiger partial charge is 0.253 e. The van der Waals surface area contributed by atoms with Gasteiger partial charge in [0.05, 0.1) is 29.0 Å². The van der Waals surface area contributed by atoms with E-state index >= 15 is 0 Å². The highest BCUT2D eigenvalue weighted by Crippen LogP contribution is 2.29. The Morgan fingerprint density at radius 1 is 1.38 bits per heavy atom. The maximum Gasteiger partial charge on any atom is 0.253 e. The number of anilines is 1. The number of hydrogen-bond acceptors (Lipinski definition) is 7. The SMILES string of the molecule is C.CN=C/C(C(N)=O)=C(\NCNC1CCCC[C@@H]1N)Nc1cccc2c1c(C#N)cn2C. The van der Waals surface area contributed by atoms with Crippen molar-refractivity contribution in [3.63, 3.8) is 0 Å². The first kappa shape index (κ1) is 24.9. The summed E-state index contributed by atoms with van der Waals surface area (Å²) in [5, 5.41) is 20.3. The summed E-state index contributed by atoms with van der Waals surface area (Å²) >= 11 is 0. The Labute approximate surface area is 189 Å². The number of nitrogens with one attached hydrogen (secondary N) is 3. The third-order valence-corrected chi connectivity index (χ3v) is 5.64. The van der Waals surface area contributed by atoms with Crippen molar-refractivity contribution < 1.29 is 4.79 Å². The zero-order valence-electron chi connectivity index (χ0n) is 18.0. The molecule has 0 bridgehead atoms. The number of carbonyl (C=O) groups excluding carboxylic acids is 1. The highest BCUT2D eigenvalue weighted by atomic mass is 16.1. The monoisotopic (exact) mass is 438 g/mol. The van der Waals surface area contributed by atoms with Crippen LogP contribution in [0.1, 0.15) is 38.7 Å². The summed E-state index contributed by atoms with van der Waals surface area (Å²) in [6.45, 7) is 0.394. The second-order valence-electron chi connectivity index (χ2n) is 7.74. The molecule has 1 aliphatic carbocycles. The van der Waals surface area contributed by atoms with Gasteiger partial charge in [-0.2, -0.15) is 5.26 Å². The molecule has 3 rings (SSSR count). The van der Waals surface area contributed by atoms with Gasteiger partial charge < -0.3 is 26.7 Å². The molecule has 1 unspecified atom stereocenters. The Morgan fingerprint density at radius 2 is 2.12 bits per heavy atom. The molecule has 1 saturated carbocycles. The third kappa shape index (κ3) is 5.46. The molecule has 0 saturated heterocycles. The first-order valence-corrected chi connectivity index (χ1v) is 10.4. The second kappa shape index (κ2) is 11.3. The van der Waals surface area contributed by atoms with Crippen molar-refractivity contribution in [3.05, 3.63) is 41.4 Å². The largest absolute Gasteiger partial charge is 0.365 e. The summed E-state index contributed by atoms with van der Waals surface area (Å²) in [6.07, 6.45) is 7.51. The van der Waals surface area contributed by atoms with E-state index in [4.69, 9.17) is 11.5 Å². The fourth-order valence-electron chi connectivity index (χ4n) is 4.04. The van der Waals surface area contributed by atoms with Crippen molar-refractivity contribution in [2.45, 2.75) is 45.2 Å². The van der Waals surface area contributed by atoms with Crippen molar-refractivity contribution in [1.82, 2.24) is 15.2 Å². The molecule has 1 aliphatic rings. The van der Waals surface area contributed by atoms with Gasteiger partial charge in [-0.3, -0.25) is 15.1 Å². The molecule has 32 heavy (non-hydrogen) atoms. The standard InChI is InChI=1S/C22H30N8O.CH4/c1-26-11-15(21(25)31)22(28-13-27-17-7-4-3-6-16(17)24)29-18-8-5-9-19-20(18)14(10-23)12-30(19)2;/h5,8-9,11-12,16-17,27-29H,3-4,6-7,13,24H2,1-2H3,(H2,25,31);1H4/b22-15-,26-11?;/t16-,17?;/m0./s1. The highest BCUT2D eigenvalue weighted by Gasteiger charge is 2.21. The first-order valence-electron chi connectivity index (χ1n) is 10.4. The Hall–Kier alpha value is -3.35. The van der Waals surface area contributed by atoms with E-state index in [1.807, 2.05) is 29.8 Å². The van der Waals surface area contributed by atoms with Crippen LogP contribution in [0.4, 0.5) is 5.69 Å². The minimum Gasteiger partial charge on any atom is -0.365 e. The predicted octanol–water partition coefficient (Wildman–Crippen LogP) is 1.90. The number of carbonyl (C=O) groups is 1. The molecule has 0 spiro atoms. The molecule has 7 N–H and O–H groups in total. The maximum absolute atomic E-state index is 12.1. The Morgan fingerprint density at radius 3 is 2.78 bits per heavy atom. The van der Waals surface area contributed by atoms with Crippen LogP contribution in [0, 0.1) is 11.3 Å². The summed E-state index contributed by atoms with van der Waals surface area (Å²) in [5.41, 5.74) is 14.2.